The summed E-state index contributed by atoms with van der Waals surface area (Å²) in [6.07, 6.45) is 2.43. The number of hydrazine groups is 1. The van der Waals surface area contributed by atoms with Crippen LogP contribution in [0.15, 0.2) is 101 Å². The molecular weight excluding hydrogens is 642 g/mol. The number of imide groups is 2. The van der Waals surface area contributed by atoms with E-state index >= 15 is 4.79 Å². The largest absolute Gasteiger partial charge is 0.463 e. The number of anilines is 2. The van der Waals surface area contributed by atoms with Gasteiger partial charge in [-0.05, 0) is 80.1 Å². The van der Waals surface area contributed by atoms with Crippen LogP contribution in [-0.2, 0) is 31.2 Å². The molecule has 2 aliphatic carbocycles. The SMILES string of the molecule is Cc1ccc(NN2C(=O)[C@@H]3C[C@@H]4C(=CC[C@@H]5C(=O)N(c6ccc(C)c(Cl)c6)C(=O)[C@@H]54)[C@H](c4ccc(CO)o4)[C@]3(c3ccccc3)C2=O)cc1. The van der Waals surface area contributed by atoms with Crippen molar-refractivity contribution in [1.82, 2.24) is 5.01 Å². The third kappa shape index (κ3) is 4.56. The van der Waals surface area contributed by atoms with Crippen molar-refractivity contribution >= 4 is 46.6 Å². The number of aliphatic hydroxyl groups excluding tert-OH is 1. The quantitative estimate of drug-likeness (QED) is 0.184. The molecule has 0 bridgehead atoms. The molecule has 4 aliphatic rings. The molecule has 248 valence electrons. The van der Waals surface area contributed by atoms with Crippen molar-refractivity contribution in [3.63, 3.8) is 0 Å². The molecule has 1 aromatic heterocycles. The van der Waals surface area contributed by atoms with E-state index < -0.39 is 46.8 Å². The first-order valence-electron chi connectivity index (χ1n) is 16.5. The molecule has 49 heavy (non-hydrogen) atoms. The lowest BCUT2D eigenvalue weighted by molar-refractivity contribution is -0.138. The molecule has 2 N–H and O–H groups in total. The lowest BCUT2D eigenvalue weighted by Crippen LogP contribution is -2.53. The third-order valence-corrected chi connectivity index (χ3v) is 11.3. The van der Waals surface area contributed by atoms with Crippen molar-refractivity contribution in [3.8, 4) is 0 Å². The summed E-state index contributed by atoms with van der Waals surface area (Å²) in [7, 11) is 0. The molecule has 4 amide bonds. The maximum Gasteiger partial charge on any atom is 0.260 e. The normalized spacial score (nSPS) is 27.6. The highest BCUT2D eigenvalue weighted by Crippen LogP contribution is 2.64. The van der Waals surface area contributed by atoms with Gasteiger partial charge in [-0.15, -0.1) is 0 Å². The highest BCUT2D eigenvalue weighted by Gasteiger charge is 2.71. The van der Waals surface area contributed by atoms with Gasteiger partial charge in [0.15, 0.2) is 0 Å². The molecule has 3 aromatic carbocycles. The molecule has 2 aliphatic heterocycles. The van der Waals surface area contributed by atoms with Crippen molar-refractivity contribution < 1.29 is 28.7 Å². The molecule has 3 fully saturated rings. The van der Waals surface area contributed by atoms with Crippen molar-refractivity contribution in [2.24, 2.45) is 23.7 Å². The summed E-state index contributed by atoms with van der Waals surface area (Å²) in [5, 5.41) is 11.6. The lowest BCUT2D eigenvalue weighted by Gasteiger charge is -2.49. The van der Waals surface area contributed by atoms with E-state index in [4.69, 9.17) is 16.0 Å². The number of hydrogen-bond acceptors (Lipinski definition) is 7. The predicted molar refractivity (Wildman–Crippen MR) is 182 cm³/mol. The van der Waals surface area contributed by atoms with Gasteiger partial charge in [-0.2, -0.15) is 5.01 Å². The van der Waals surface area contributed by atoms with Gasteiger partial charge in [0, 0.05) is 5.02 Å². The number of aliphatic hydroxyl groups is 1. The number of furan rings is 1. The number of amides is 4. The Morgan fingerprint density at radius 2 is 1.65 bits per heavy atom. The Morgan fingerprint density at radius 1 is 0.898 bits per heavy atom. The van der Waals surface area contributed by atoms with Crippen LogP contribution in [0.3, 0.4) is 0 Å². The lowest BCUT2D eigenvalue weighted by atomic mass is 9.50. The first kappa shape index (κ1) is 31.3. The zero-order valence-corrected chi connectivity index (χ0v) is 27.7. The van der Waals surface area contributed by atoms with E-state index in [-0.39, 0.29) is 31.3 Å². The summed E-state index contributed by atoms with van der Waals surface area (Å²) in [6, 6.07) is 25.2. The monoisotopic (exact) mass is 675 g/mol. The van der Waals surface area contributed by atoms with Gasteiger partial charge in [-0.25, -0.2) is 4.90 Å². The Balaban J connectivity index is 1.30. The first-order chi connectivity index (χ1) is 23.6. The average Bonchev–Trinajstić information content (AvgIpc) is 3.75. The highest BCUT2D eigenvalue weighted by atomic mass is 35.5. The molecule has 9 nitrogen and oxygen atoms in total. The number of carbonyl (C=O) groups is 4. The van der Waals surface area contributed by atoms with E-state index in [1.54, 1.807) is 30.3 Å². The number of carbonyl (C=O) groups excluding carboxylic acids is 4. The molecule has 8 rings (SSSR count). The highest BCUT2D eigenvalue weighted by molar-refractivity contribution is 6.32. The minimum absolute atomic E-state index is 0.171. The number of allylic oxidation sites excluding steroid dienone is 2. The molecule has 0 radical (unpaired) electrons. The van der Waals surface area contributed by atoms with Gasteiger partial charge in [-0.3, -0.25) is 24.6 Å². The first-order valence-corrected chi connectivity index (χ1v) is 16.8. The summed E-state index contributed by atoms with van der Waals surface area (Å²) in [5.74, 6) is -4.42. The van der Waals surface area contributed by atoms with Gasteiger partial charge < -0.3 is 9.52 Å². The fourth-order valence-electron chi connectivity index (χ4n) is 8.67. The molecule has 6 atom stereocenters. The van der Waals surface area contributed by atoms with Gasteiger partial charge in [0.05, 0.1) is 35.0 Å². The Bertz CT molecular complexity index is 2060. The van der Waals surface area contributed by atoms with Crippen LogP contribution in [0.4, 0.5) is 11.4 Å². The summed E-state index contributed by atoms with van der Waals surface area (Å²) in [6.45, 7) is 3.46. The van der Waals surface area contributed by atoms with E-state index in [0.717, 1.165) is 21.7 Å². The molecule has 1 saturated carbocycles. The fraction of sp³-hybridized carbons (Fsp3) is 0.282. The number of benzene rings is 3. The Morgan fingerprint density at radius 3 is 2.35 bits per heavy atom. The molecule has 10 heteroatoms. The summed E-state index contributed by atoms with van der Waals surface area (Å²) < 4.78 is 6.23. The van der Waals surface area contributed by atoms with Crippen LogP contribution in [0.1, 0.15) is 47.0 Å². The maximum atomic E-state index is 15.1. The Kier molecular flexibility index (Phi) is 7.39. The Hall–Kier alpha value is -4.99. The second-order valence-corrected chi connectivity index (χ2v) is 13.9. The van der Waals surface area contributed by atoms with Crippen LogP contribution >= 0.6 is 11.6 Å². The molecule has 4 aromatic rings. The Labute approximate surface area is 288 Å². The van der Waals surface area contributed by atoms with E-state index in [2.05, 4.69) is 5.43 Å². The molecular formula is C39H34ClN3O6. The maximum absolute atomic E-state index is 15.1. The minimum Gasteiger partial charge on any atom is -0.463 e. The number of nitrogens with one attached hydrogen (secondary N) is 1. The molecule has 0 spiro atoms. The standard InChI is InChI=1S/C39H34ClN3O6/c1-21-8-11-24(12-9-21)41-43-36(46)30-19-29-27(15-16-28-33(29)37(47)42(35(28)45)25-13-10-22(2)31(40)18-25)34(32-17-14-26(20-44)49-32)39(30,38(43)48)23-6-4-3-5-7-23/h3-15,17-18,28-30,33-34,41,44H,16,19-20H2,1-2H3/t28-,29+,30-,33-,34+,39+/m0/s1. The van der Waals surface area contributed by atoms with E-state index in [0.29, 0.717) is 33.5 Å². The number of nitrogens with zero attached hydrogens (tertiary/aromatic N) is 2. The number of fused-ring (bicyclic) bond motifs is 4. The number of halogens is 1. The van der Waals surface area contributed by atoms with Crippen LogP contribution in [0, 0.1) is 37.5 Å². The van der Waals surface area contributed by atoms with Gasteiger partial charge in [0.2, 0.25) is 11.8 Å². The van der Waals surface area contributed by atoms with Gasteiger partial charge in [0.1, 0.15) is 23.5 Å². The van der Waals surface area contributed by atoms with Crippen molar-refractivity contribution in [3.05, 3.63) is 130 Å². The summed E-state index contributed by atoms with van der Waals surface area (Å²) >= 11 is 6.43. The topological polar surface area (TPSA) is 120 Å². The zero-order chi connectivity index (χ0) is 34.2. The van der Waals surface area contributed by atoms with Gasteiger partial charge in [-0.1, -0.05) is 77.3 Å². The molecule has 2 saturated heterocycles. The van der Waals surface area contributed by atoms with Crippen molar-refractivity contribution in [1.29, 1.82) is 0 Å². The number of rotatable bonds is 6. The van der Waals surface area contributed by atoms with Crippen molar-refractivity contribution in [2.45, 2.75) is 44.6 Å². The number of hydrogen-bond donors (Lipinski definition) is 2. The zero-order valence-electron chi connectivity index (χ0n) is 26.9. The van der Waals surface area contributed by atoms with Crippen LogP contribution in [-0.4, -0.2) is 33.7 Å². The van der Waals surface area contributed by atoms with E-state index in [9.17, 15) is 19.5 Å². The van der Waals surface area contributed by atoms with Crippen LogP contribution in [0.2, 0.25) is 5.02 Å². The second kappa shape index (κ2) is 11.6. The van der Waals surface area contributed by atoms with Crippen LogP contribution in [0.25, 0.3) is 0 Å². The molecule has 0 unspecified atom stereocenters. The van der Waals surface area contributed by atoms with E-state index in [1.807, 2.05) is 74.5 Å². The third-order valence-electron chi connectivity index (χ3n) is 10.9. The van der Waals surface area contributed by atoms with Gasteiger partial charge >= 0.3 is 0 Å². The van der Waals surface area contributed by atoms with Crippen LogP contribution in [0.5, 0.6) is 0 Å². The molecule has 3 heterocycles. The predicted octanol–water partition coefficient (Wildman–Crippen LogP) is 6.23. The number of aryl methyl sites for hydroxylation is 2. The van der Waals surface area contributed by atoms with E-state index in [1.165, 1.54) is 4.90 Å². The smallest absolute Gasteiger partial charge is 0.260 e. The van der Waals surface area contributed by atoms with Gasteiger partial charge in [0.25, 0.3) is 11.8 Å². The summed E-state index contributed by atoms with van der Waals surface area (Å²) in [5.41, 5.74) is 5.92. The van der Waals surface area contributed by atoms with Crippen LogP contribution < -0.4 is 10.3 Å². The second-order valence-electron chi connectivity index (χ2n) is 13.5. The summed E-state index contributed by atoms with van der Waals surface area (Å²) in [4.78, 5) is 59.4. The van der Waals surface area contributed by atoms with Crippen molar-refractivity contribution in [2.75, 3.05) is 10.3 Å². The minimum atomic E-state index is -1.44. The fourth-order valence-corrected chi connectivity index (χ4v) is 8.84. The average molecular weight is 676 g/mol.